The summed E-state index contributed by atoms with van der Waals surface area (Å²) in [4.78, 5) is 45.5. The van der Waals surface area contributed by atoms with E-state index >= 15 is 0 Å². The third kappa shape index (κ3) is 5.37. The number of carbonyl (C=O) groups is 1. The van der Waals surface area contributed by atoms with E-state index in [1.807, 2.05) is 0 Å². The van der Waals surface area contributed by atoms with Gasteiger partial charge in [-0.15, -0.1) is 20.2 Å². The summed E-state index contributed by atoms with van der Waals surface area (Å²) in [5.74, 6) is -1.88. The van der Waals surface area contributed by atoms with Crippen LogP contribution in [0.25, 0.3) is 0 Å². The smallest absolute Gasteiger partial charge is 0.299 e. The maximum atomic E-state index is 13.4. The first-order valence-corrected chi connectivity index (χ1v) is 10.8. The number of nitrogens with zero attached hydrogens (tertiary/aromatic N) is 3. The topological polar surface area (TPSA) is 125 Å². The second-order valence-electron chi connectivity index (χ2n) is 8.07. The quantitative estimate of drug-likeness (QED) is 0.219. The van der Waals surface area contributed by atoms with Gasteiger partial charge in [-0.25, -0.2) is 8.78 Å². The molecule has 3 aromatic rings. The Kier molecular flexibility index (Phi) is 7.04. The molecule has 1 heterocycles. The Morgan fingerprint density at radius 2 is 1.44 bits per heavy atom. The summed E-state index contributed by atoms with van der Waals surface area (Å²) in [5, 5.41) is 19.8. The molecule has 1 aliphatic rings. The maximum Gasteiger partial charge on any atom is 0.299 e. The second kappa shape index (κ2) is 10.3. The first-order valence-electron chi connectivity index (χ1n) is 10.8. The molecule has 0 spiro atoms. The third-order valence-electron chi connectivity index (χ3n) is 5.92. The molecular formula is C24H19F2N3O7. The Bertz CT molecular complexity index is 1250. The summed E-state index contributed by atoms with van der Waals surface area (Å²) >= 11 is 0. The molecule has 0 N–H and O–H groups in total. The van der Waals surface area contributed by atoms with Gasteiger partial charge in [0.2, 0.25) is 5.91 Å². The van der Waals surface area contributed by atoms with Crippen molar-refractivity contribution in [1.29, 1.82) is 0 Å². The van der Waals surface area contributed by atoms with E-state index in [4.69, 9.17) is 4.84 Å². The van der Waals surface area contributed by atoms with Crippen LogP contribution in [-0.2, 0) is 9.63 Å². The van der Waals surface area contributed by atoms with Crippen molar-refractivity contribution in [3.63, 3.8) is 0 Å². The van der Waals surface area contributed by atoms with Gasteiger partial charge in [-0.05, 0) is 72.5 Å². The highest BCUT2D eigenvalue weighted by molar-refractivity contribution is 6.03. The van der Waals surface area contributed by atoms with Gasteiger partial charge in [0.15, 0.2) is 0 Å². The molecule has 0 aliphatic carbocycles. The molecule has 1 fully saturated rings. The van der Waals surface area contributed by atoms with Gasteiger partial charge < -0.3 is 9.74 Å². The highest BCUT2D eigenvalue weighted by atomic mass is 19.1. The molecule has 1 amide bonds. The van der Waals surface area contributed by atoms with Crippen LogP contribution in [0.2, 0.25) is 0 Å². The van der Waals surface area contributed by atoms with Gasteiger partial charge >= 0.3 is 0 Å². The summed E-state index contributed by atoms with van der Waals surface area (Å²) in [6.07, 6.45) is -0.756. The van der Waals surface area contributed by atoms with E-state index in [-0.39, 0.29) is 24.5 Å². The highest BCUT2D eigenvalue weighted by Gasteiger charge is 2.48. The average molecular weight is 499 g/mol. The molecule has 3 aromatic carbocycles. The Morgan fingerprint density at radius 1 is 0.861 bits per heavy atom. The van der Waals surface area contributed by atoms with Crippen molar-refractivity contribution < 1.29 is 33.4 Å². The van der Waals surface area contributed by atoms with Crippen LogP contribution in [0.3, 0.4) is 0 Å². The molecule has 36 heavy (non-hydrogen) atoms. The molecule has 1 aliphatic heterocycles. The Balaban J connectivity index is 1.59. The number of anilines is 1. The Hall–Kier alpha value is -4.61. The van der Waals surface area contributed by atoms with E-state index in [9.17, 15) is 33.8 Å². The summed E-state index contributed by atoms with van der Waals surface area (Å²) in [7, 11) is 0. The number of carbonyl (C=O) groups excluding carboxylic acids is 1. The lowest BCUT2D eigenvalue weighted by molar-refractivity contribution is -0.771. The van der Waals surface area contributed by atoms with Crippen LogP contribution in [0.1, 0.15) is 36.1 Å². The summed E-state index contributed by atoms with van der Waals surface area (Å²) in [5.41, 5.74) is 1.46. The molecule has 1 unspecified atom stereocenters. The van der Waals surface area contributed by atoms with Gasteiger partial charge in [0, 0.05) is 5.69 Å². The molecule has 1 saturated heterocycles. The van der Waals surface area contributed by atoms with Crippen molar-refractivity contribution in [1.82, 2.24) is 0 Å². The number of rotatable bonds is 10. The molecule has 12 heteroatoms. The lowest BCUT2D eigenvalue weighted by Gasteiger charge is -2.48. The van der Waals surface area contributed by atoms with Crippen LogP contribution in [0.5, 0.6) is 5.75 Å². The largest absolute Gasteiger partial charge is 0.306 e. The van der Waals surface area contributed by atoms with Gasteiger partial charge in [0.25, 0.3) is 10.2 Å². The molecule has 0 aromatic heterocycles. The van der Waals surface area contributed by atoms with Gasteiger partial charge in [-0.2, -0.15) is 0 Å². The SMILES string of the molecule is O=C1C(CC[C@H](O[N+](=O)[O-])c2ccc(F)cc2)[C@@H](c2ccc(O[N+](=O)[O-])cc2)N1c1ccc(F)cc1. The zero-order chi connectivity index (χ0) is 25.8. The first-order chi connectivity index (χ1) is 17.2. The second-order valence-corrected chi connectivity index (χ2v) is 8.07. The minimum Gasteiger partial charge on any atom is -0.306 e. The standard InChI is InChI=1S/C24H19F2N3O7/c25-17-5-1-15(2-6-17)22(36-29(33)34)14-13-21-23(16-3-11-20(12-4-16)35-28(31)32)27(24(21)30)19-9-7-18(26)8-10-19/h1-12,21-23H,13-14H2/t21?,22-,23+/m0/s1. The zero-order valence-corrected chi connectivity index (χ0v) is 18.5. The normalized spacial score (nSPS) is 17.7. The Morgan fingerprint density at radius 3 is 2.00 bits per heavy atom. The van der Waals surface area contributed by atoms with Crippen LogP contribution in [0.4, 0.5) is 14.5 Å². The van der Waals surface area contributed by atoms with Crippen LogP contribution in [-0.4, -0.2) is 16.1 Å². The number of amides is 1. The predicted octanol–water partition coefficient (Wildman–Crippen LogP) is 4.97. The molecule has 0 bridgehead atoms. The van der Waals surface area contributed by atoms with E-state index in [0.717, 1.165) is 12.1 Å². The number of hydrogen-bond acceptors (Lipinski definition) is 7. The van der Waals surface area contributed by atoms with Crippen molar-refractivity contribution in [2.24, 2.45) is 5.92 Å². The third-order valence-corrected chi connectivity index (χ3v) is 5.92. The first kappa shape index (κ1) is 24.5. The van der Waals surface area contributed by atoms with Crippen LogP contribution >= 0.6 is 0 Å². The Labute approximate surface area is 202 Å². The summed E-state index contributed by atoms with van der Waals surface area (Å²) < 4.78 is 26.8. The molecule has 186 valence electrons. The molecular weight excluding hydrogens is 480 g/mol. The molecule has 0 radical (unpaired) electrons. The zero-order valence-electron chi connectivity index (χ0n) is 18.5. The number of benzene rings is 3. The van der Waals surface area contributed by atoms with Gasteiger partial charge in [0.05, 0.1) is 12.0 Å². The molecule has 10 nitrogen and oxygen atoms in total. The fraction of sp³-hybridized carbons (Fsp3) is 0.208. The van der Waals surface area contributed by atoms with E-state index in [1.165, 1.54) is 53.4 Å². The summed E-state index contributed by atoms with van der Waals surface area (Å²) in [6, 6.07) is 15.8. The van der Waals surface area contributed by atoms with Crippen molar-refractivity contribution in [3.05, 3.63) is 116 Å². The number of β-lactam (4-membered cyclic amide) rings is 1. The van der Waals surface area contributed by atoms with Crippen LogP contribution < -0.4 is 9.74 Å². The van der Waals surface area contributed by atoms with Crippen molar-refractivity contribution in [3.8, 4) is 5.75 Å². The number of halogens is 2. The lowest BCUT2D eigenvalue weighted by atomic mass is 9.78. The number of hydrogen-bond donors (Lipinski definition) is 0. The molecule has 4 rings (SSSR count). The molecule has 3 atom stereocenters. The maximum absolute atomic E-state index is 13.4. The van der Waals surface area contributed by atoms with Crippen molar-refractivity contribution in [2.75, 3.05) is 4.90 Å². The molecule has 0 saturated carbocycles. The van der Waals surface area contributed by atoms with E-state index < -0.39 is 39.9 Å². The van der Waals surface area contributed by atoms with Gasteiger partial charge in [-0.1, -0.05) is 24.3 Å². The fourth-order valence-corrected chi connectivity index (χ4v) is 4.31. The minimum absolute atomic E-state index is 0.00459. The van der Waals surface area contributed by atoms with E-state index in [2.05, 4.69) is 4.84 Å². The predicted molar refractivity (Wildman–Crippen MR) is 121 cm³/mol. The summed E-state index contributed by atoms with van der Waals surface area (Å²) in [6.45, 7) is 0. The monoisotopic (exact) mass is 499 g/mol. The van der Waals surface area contributed by atoms with E-state index in [1.54, 1.807) is 12.1 Å². The van der Waals surface area contributed by atoms with Gasteiger partial charge in [0.1, 0.15) is 23.5 Å². The average Bonchev–Trinajstić information content (AvgIpc) is 2.83. The van der Waals surface area contributed by atoms with Gasteiger partial charge in [-0.3, -0.25) is 9.63 Å². The van der Waals surface area contributed by atoms with E-state index in [0.29, 0.717) is 16.8 Å². The lowest BCUT2D eigenvalue weighted by Crippen LogP contribution is -2.55. The minimum atomic E-state index is -1.02. The van der Waals surface area contributed by atoms with Crippen molar-refractivity contribution >= 4 is 11.6 Å². The highest BCUT2D eigenvalue weighted by Crippen LogP contribution is 2.46. The van der Waals surface area contributed by atoms with Crippen molar-refractivity contribution in [2.45, 2.75) is 25.0 Å². The fourth-order valence-electron chi connectivity index (χ4n) is 4.31. The van der Waals surface area contributed by atoms with Crippen LogP contribution in [0.15, 0.2) is 72.8 Å². The van der Waals surface area contributed by atoms with Crippen LogP contribution in [0, 0.1) is 37.8 Å².